The van der Waals surface area contributed by atoms with Crippen LogP contribution in [0.1, 0.15) is 103 Å². The molecule has 0 N–H and O–H groups in total. The summed E-state index contributed by atoms with van der Waals surface area (Å²) in [6.07, 6.45) is 14.4. The van der Waals surface area contributed by atoms with Crippen LogP contribution in [0.25, 0.3) is 0 Å². The lowest BCUT2D eigenvalue weighted by Crippen LogP contribution is -2.05. The van der Waals surface area contributed by atoms with Crippen molar-refractivity contribution in [3.63, 3.8) is 0 Å². The normalized spacial score (nSPS) is 12.3. The monoisotopic (exact) mass is 367 g/mol. The molecule has 0 aliphatic carbocycles. The summed E-state index contributed by atoms with van der Waals surface area (Å²) in [7, 11) is 0. The zero-order chi connectivity index (χ0) is 19.2. The molecule has 26 heavy (non-hydrogen) atoms. The van der Waals surface area contributed by atoms with Crippen molar-refractivity contribution in [2.24, 2.45) is 0 Å². The zero-order valence-corrected chi connectivity index (χ0v) is 17.0. The average molecular weight is 368 g/mol. The number of halogens is 2. The van der Waals surface area contributed by atoms with E-state index in [2.05, 4.69) is 20.3 Å². The molecule has 0 fully saturated rings. The number of rotatable bonds is 15. The lowest BCUT2D eigenvalue weighted by Gasteiger charge is -2.15. The molecule has 149 valence electrons. The molecule has 1 aromatic carbocycles. The second-order valence-corrected chi connectivity index (χ2v) is 7.31. The highest BCUT2D eigenvalue weighted by Gasteiger charge is 2.18. The van der Waals surface area contributed by atoms with E-state index in [1.54, 1.807) is 12.1 Å². The molecule has 0 saturated carbocycles. The third-order valence-corrected chi connectivity index (χ3v) is 4.93. The van der Waals surface area contributed by atoms with Crippen LogP contribution in [0.3, 0.4) is 0 Å². The van der Waals surface area contributed by atoms with Crippen LogP contribution < -0.4 is 4.74 Å². The first-order valence-corrected chi connectivity index (χ1v) is 10.5. The first-order valence-electron chi connectivity index (χ1n) is 10.5. The second-order valence-electron chi connectivity index (χ2n) is 7.31. The SMILES string of the molecule is CCCC[CH]CCC(C)c1ccc(OCCCCCCCC)c(F)c1F. The van der Waals surface area contributed by atoms with Gasteiger partial charge >= 0.3 is 0 Å². The predicted molar refractivity (Wildman–Crippen MR) is 107 cm³/mol. The van der Waals surface area contributed by atoms with Crippen LogP contribution in [0, 0.1) is 18.1 Å². The Labute approximate surface area is 159 Å². The third kappa shape index (κ3) is 8.51. The van der Waals surface area contributed by atoms with Crippen molar-refractivity contribution in [3.05, 3.63) is 35.8 Å². The van der Waals surface area contributed by atoms with Crippen LogP contribution >= 0.6 is 0 Å². The van der Waals surface area contributed by atoms with Gasteiger partial charge in [-0.3, -0.25) is 0 Å². The Balaban J connectivity index is 2.41. The highest BCUT2D eigenvalue weighted by Crippen LogP contribution is 2.30. The van der Waals surface area contributed by atoms with E-state index < -0.39 is 11.6 Å². The van der Waals surface area contributed by atoms with Gasteiger partial charge in [-0.05, 0) is 43.2 Å². The molecule has 0 amide bonds. The van der Waals surface area contributed by atoms with Crippen molar-refractivity contribution in [2.75, 3.05) is 6.61 Å². The topological polar surface area (TPSA) is 9.23 Å². The van der Waals surface area contributed by atoms with Crippen LogP contribution in [-0.2, 0) is 0 Å². The van der Waals surface area contributed by atoms with Gasteiger partial charge in [0, 0.05) is 0 Å². The molecular weight excluding hydrogens is 330 g/mol. The quantitative estimate of drug-likeness (QED) is 0.285. The molecule has 0 aromatic heterocycles. The van der Waals surface area contributed by atoms with Gasteiger partial charge in [0.1, 0.15) is 0 Å². The Morgan fingerprint density at radius 1 is 0.885 bits per heavy atom. The summed E-state index contributed by atoms with van der Waals surface area (Å²) in [5.41, 5.74) is 0.457. The zero-order valence-electron chi connectivity index (χ0n) is 17.0. The predicted octanol–water partition coefficient (Wildman–Crippen LogP) is 7.98. The maximum atomic E-state index is 14.4. The van der Waals surface area contributed by atoms with E-state index in [1.807, 2.05) is 6.92 Å². The van der Waals surface area contributed by atoms with Crippen LogP contribution in [0.2, 0.25) is 0 Å². The van der Waals surface area contributed by atoms with Gasteiger partial charge in [-0.25, -0.2) is 4.39 Å². The maximum absolute atomic E-state index is 14.4. The standard InChI is InChI=1S/C23H37F2O/c1-4-6-8-10-12-14-18-26-21-17-16-20(22(24)23(21)25)19(3)15-13-11-9-7-5-2/h11,16-17,19H,4-10,12-15,18H2,1-3H3. The molecule has 0 aliphatic rings. The Hall–Kier alpha value is -1.12. The molecule has 3 heteroatoms. The Morgan fingerprint density at radius 2 is 1.58 bits per heavy atom. The van der Waals surface area contributed by atoms with E-state index in [1.165, 1.54) is 38.5 Å². The first-order chi connectivity index (χ1) is 12.6. The minimum atomic E-state index is -0.838. The van der Waals surface area contributed by atoms with Crippen molar-refractivity contribution >= 4 is 0 Å². The average Bonchev–Trinajstić information content (AvgIpc) is 2.64. The number of hydrogen-bond donors (Lipinski definition) is 0. The molecule has 0 heterocycles. The summed E-state index contributed by atoms with van der Waals surface area (Å²) in [4.78, 5) is 0. The summed E-state index contributed by atoms with van der Waals surface area (Å²) >= 11 is 0. The van der Waals surface area contributed by atoms with Crippen molar-refractivity contribution in [1.82, 2.24) is 0 Å². The largest absolute Gasteiger partial charge is 0.490 e. The lowest BCUT2D eigenvalue weighted by molar-refractivity contribution is 0.284. The second kappa shape index (κ2) is 14.0. The first kappa shape index (κ1) is 22.9. The fraction of sp³-hybridized carbons (Fsp3) is 0.696. The van der Waals surface area contributed by atoms with Crippen molar-refractivity contribution in [1.29, 1.82) is 0 Å². The molecule has 0 saturated heterocycles. The van der Waals surface area contributed by atoms with Gasteiger partial charge in [0.2, 0.25) is 5.82 Å². The lowest BCUT2D eigenvalue weighted by atomic mass is 9.94. The van der Waals surface area contributed by atoms with Gasteiger partial charge in [-0.15, -0.1) is 0 Å². The molecule has 1 aromatic rings. The molecule has 1 nitrogen and oxygen atoms in total. The number of ether oxygens (including phenoxy) is 1. The smallest absolute Gasteiger partial charge is 0.200 e. The molecule has 0 spiro atoms. The summed E-state index contributed by atoms with van der Waals surface area (Å²) in [5, 5.41) is 0. The molecular formula is C23H37F2O. The number of unbranched alkanes of at least 4 members (excludes halogenated alkanes) is 9. The molecule has 1 radical (unpaired) electrons. The minimum absolute atomic E-state index is 0.00925. The fourth-order valence-corrected chi connectivity index (χ4v) is 3.12. The van der Waals surface area contributed by atoms with E-state index in [-0.39, 0.29) is 11.7 Å². The molecule has 0 bridgehead atoms. The van der Waals surface area contributed by atoms with Gasteiger partial charge in [-0.2, -0.15) is 4.39 Å². The van der Waals surface area contributed by atoms with E-state index in [0.29, 0.717) is 12.2 Å². The van der Waals surface area contributed by atoms with Crippen molar-refractivity contribution < 1.29 is 13.5 Å². The van der Waals surface area contributed by atoms with Crippen LogP contribution in [0.5, 0.6) is 5.75 Å². The Kier molecular flexibility index (Phi) is 12.3. The van der Waals surface area contributed by atoms with E-state index in [9.17, 15) is 8.78 Å². The van der Waals surface area contributed by atoms with Crippen molar-refractivity contribution in [3.8, 4) is 5.75 Å². The van der Waals surface area contributed by atoms with Gasteiger partial charge in [0.05, 0.1) is 6.61 Å². The van der Waals surface area contributed by atoms with E-state index in [0.717, 1.165) is 32.1 Å². The van der Waals surface area contributed by atoms with E-state index in [4.69, 9.17) is 4.74 Å². The number of benzene rings is 1. The highest BCUT2D eigenvalue weighted by atomic mass is 19.2. The third-order valence-electron chi connectivity index (χ3n) is 4.93. The summed E-state index contributed by atoms with van der Waals surface area (Å²) in [6, 6.07) is 3.27. The fourth-order valence-electron chi connectivity index (χ4n) is 3.12. The summed E-state index contributed by atoms with van der Waals surface area (Å²) < 4.78 is 34.1. The van der Waals surface area contributed by atoms with Crippen molar-refractivity contribution in [2.45, 2.75) is 97.3 Å². The Morgan fingerprint density at radius 3 is 2.31 bits per heavy atom. The highest BCUT2D eigenvalue weighted by molar-refractivity contribution is 5.32. The molecule has 1 atom stereocenters. The number of hydrogen-bond acceptors (Lipinski definition) is 1. The van der Waals surface area contributed by atoms with Crippen LogP contribution in [0.15, 0.2) is 12.1 Å². The molecule has 0 aliphatic heterocycles. The molecule has 1 unspecified atom stereocenters. The summed E-state index contributed by atoms with van der Waals surface area (Å²) in [6.45, 7) is 6.77. The minimum Gasteiger partial charge on any atom is -0.490 e. The van der Waals surface area contributed by atoms with Gasteiger partial charge in [0.25, 0.3) is 0 Å². The van der Waals surface area contributed by atoms with Crippen LogP contribution in [-0.4, -0.2) is 6.61 Å². The van der Waals surface area contributed by atoms with Gasteiger partial charge < -0.3 is 4.74 Å². The van der Waals surface area contributed by atoms with Gasteiger partial charge in [0.15, 0.2) is 11.6 Å². The summed E-state index contributed by atoms with van der Waals surface area (Å²) in [5.74, 6) is -1.53. The van der Waals surface area contributed by atoms with Gasteiger partial charge in [-0.1, -0.05) is 78.2 Å². The molecule has 1 rings (SSSR count). The Bertz CT molecular complexity index is 487. The van der Waals surface area contributed by atoms with E-state index >= 15 is 0 Å². The maximum Gasteiger partial charge on any atom is 0.200 e. The van der Waals surface area contributed by atoms with Crippen LogP contribution in [0.4, 0.5) is 8.78 Å².